The lowest BCUT2D eigenvalue weighted by molar-refractivity contribution is 0.619. The van der Waals surface area contributed by atoms with Gasteiger partial charge in [-0.3, -0.25) is 0 Å². The van der Waals surface area contributed by atoms with Crippen LogP contribution >= 0.6 is 0 Å². The van der Waals surface area contributed by atoms with E-state index in [4.69, 9.17) is 9.40 Å². The monoisotopic (exact) mass is 311 g/mol. The summed E-state index contributed by atoms with van der Waals surface area (Å²) < 4.78 is 6.03. The normalized spacial score (nSPS) is 12.4. The van der Waals surface area contributed by atoms with Gasteiger partial charge in [0, 0.05) is 5.56 Å². The highest BCUT2D eigenvalue weighted by molar-refractivity contribution is 5.82. The van der Waals surface area contributed by atoms with Crippen LogP contribution in [-0.4, -0.2) is 4.98 Å². The molecule has 0 unspecified atom stereocenters. The summed E-state index contributed by atoms with van der Waals surface area (Å²) in [5, 5.41) is 0. The van der Waals surface area contributed by atoms with Crippen molar-refractivity contribution in [2.24, 2.45) is 0 Å². The van der Waals surface area contributed by atoms with Crippen LogP contribution in [0.15, 0.2) is 59.0 Å². The van der Waals surface area contributed by atoms with Crippen molar-refractivity contribution in [1.29, 1.82) is 0 Å². The van der Waals surface area contributed by atoms with Crippen LogP contribution in [-0.2, 0) is 6.42 Å². The Morgan fingerprint density at radius 2 is 1.62 bits per heavy atom. The highest BCUT2D eigenvalue weighted by Crippen LogP contribution is 2.39. The van der Waals surface area contributed by atoms with Crippen LogP contribution in [0.5, 0.6) is 0 Å². The standard InChI is InChI=1S/C22H17NO/c1-13-9-20-21(10-14(13)2)24-22(23-20)17-8-7-16-11-15-5-3-4-6-18(15)19(16)12-17/h3-10,12H,11H2,1-2H3. The summed E-state index contributed by atoms with van der Waals surface area (Å²) in [6.45, 7) is 4.21. The fourth-order valence-electron chi connectivity index (χ4n) is 3.56. The second-order valence-electron chi connectivity index (χ2n) is 6.63. The van der Waals surface area contributed by atoms with Crippen molar-refractivity contribution in [3.05, 3.63) is 76.9 Å². The van der Waals surface area contributed by atoms with E-state index in [1.807, 2.05) is 0 Å². The summed E-state index contributed by atoms with van der Waals surface area (Å²) in [7, 11) is 0. The molecule has 3 aromatic carbocycles. The van der Waals surface area contributed by atoms with Gasteiger partial charge in [-0.25, -0.2) is 4.98 Å². The molecule has 2 heteroatoms. The van der Waals surface area contributed by atoms with Gasteiger partial charge >= 0.3 is 0 Å². The molecule has 1 heterocycles. The number of hydrogen-bond donors (Lipinski definition) is 0. The molecule has 0 saturated heterocycles. The molecule has 0 saturated carbocycles. The number of rotatable bonds is 1. The van der Waals surface area contributed by atoms with E-state index in [0.717, 1.165) is 23.1 Å². The number of benzene rings is 3. The van der Waals surface area contributed by atoms with Crippen LogP contribution in [0.25, 0.3) is 33.7 Å². The van der Waals surface area contributed by atoms with Gasteiger partial charge in [-0.1, -0.05) is 30.3 Å². The molecule has 24 heavy (non-hydrogen) atoms. The Balaban J connectivity index is 1.67. The molecular weight excluding hydrogens is 294 g/mol. The predicted molar refractivity (Wildman–Crippen MR) is 97.2 cm³/mol. The van der Waals surface area contributed by atoms with Crippen LogP contribution < -0.4 is 0 Å². The zero-order valence-corrected chi connectivity index (χ0v) is 13.8. The van der Waals surface area contributed by atoms with E-state index in [9.17, 15) is 0 Å². The van der Waals surface area contributed by atoms with Crippen molar-refractivity contribution in [1.82, 2.24) is 4.98 Å². The third-order valence-corrected chi connectivity index (χ3v) is 5.05. The van der Waals surface area contributed by atoms with Crippen molar-refractivity contribution in [3.63, 3.8) is 0 Å². The fourth-order valence-corrected chi connectivity index (χ4v) is 3.56. The van der Waals surface area contributed by atoms with Crippen LogP contribution in [0, 0.1) is 13.8 Å². The average Bonchev–Trinajstić information content (AvgIpc) is 3.15. The maximum atomic E-state index is 6.03. The first-order valence-electron chi connectivity index (χ1n) is 8.28. The lowest BCUT2D eigenvalue weighted by Crippen LogP contribution is -1.83. The van der Waals surface area contributed by atoms with Gasteiger partial charge in [0.2, 0.25) is 5.89 Å². The summed E-state index contributed by atoms with van der Waals surface area (Å²) in [6.07, 6.45) is 1.01. The molecule has 1 aliphatic carbocycles. The number of aromatic nitrogens is 1. The van der Waals surface area contributed by atoms with Gasteiger partial charge in [0.25, 0.3) is 0 Å². The second-order valence-corrected chi connectivity index (χ2v) is 6.63. The third-order valence-electron chi connectivity index (χ3n) is 5.05. The maximum absolute atomic E-state index is 6.03. The molecule has 2 nitrogen and oxygen atoms in total. The smallest absolute Gasteiger partial charge is 0.227 e. The molecule has 0 spiro atoms. The molecule has 0 bridgehead atoms. The number of nitrogens with zero attached hydrogens (tertiary/aromatic N) is 1. The zero-order chi connectivity index (χ0) is 16.3. The maximum Gasteiger partial charge on any atom is 0.227 e. The minimum absolute atomic E-state index is 0.696. The Bertz CT molecular complexity index is 1070. The van der Waals surface area contributed by atoms with Gasteiger partial charge in [-0.2, -0.15) is 0 Å². The highest BCUT2D eigenvalue weighted by atomic mass is 16.3. The minimum Gasteiger partial charge on any atom is -0.436 e. The number of fused-ring (bicyclic) bond motifs is 4. The fraction of sp³-hybridized carbons (Fsp3) is 0.136. The summed E-state index contributed by atoms with van der Waals surface area (Å²) in [5.41, 5.74) is 10.7. The van der Waals surface area contributed by atoms with Gasteiger partial charge in [0.15, 0.2) is 5.58 Å². The van der Waals surface area contributed by atoms with Crippen molar-refractivity contribution in [2.75, 3.05) is 0 Å². The second kappa shape index (κ2) is 4.81. The molecule has 5 rings (SSSR count). The van der Waals surface area contributed by atoms with Gasteiger partial charge in [-0.15, -0.1) is 0 Å². The summed E-state index contributed by atoms with van der Waals surface area (Å²) >= 11 is 0. The van der Waals surface area contributed by atoms with E-state index < -0.39 is 0 Å². The Morgan fingerprint density at radius 3 is 2.54 bits per heavy atom. The van der Waals surface area contributed by atoms with Crippen LogP contribution in [0.2, 0.25) is 0 Å². The summed E-state index contributed by atoms with van der Waals surface area (Å²) in [4.78, 5) is 4.70. The number of aryl methyl sites for hydroxylation is 2. The van der Waals surface area contributed by atoms with Gasteiger partial charge in [0.1, 0.15) is 5.52 Å². The Labute approximate surface area is 140 Å². The molecule has 0 aliphatic heterocycles. The molecule has 0 N–H and O–H groups in total. The first-order chi connectivity index (χ1) is 11.7. The minimum atomic E-state index is 0.696. The summed E-state index contributed by atoms with van der Waals surface area (Å²) in [6, 6.07) is 19.3. The number of oxazole rings is 1. The Kier molecular flexibility index (Phi) is 2.72. The predicted octanol–water partition coefficient (Wildman–Crippen LogP) is 5.68. The molecule has 0 fully saturated rings. The first kappa shape index (κ1) is 13.6. The van der Waals surface area contributed by atoms with Crippen LogP contribution in [0.3, 0.4) is 0 Å². The van der Waals surface area contributed by atoms with E-state index in [-0.39, 0.29) is 0 Å². The van der Waals surface area contributed by atoms with Crippen molar-refractivity contribution >= 4 is 11.1 Å². The molecule has 4 aromatic rings. The Morgan fingerprint density at radius 1 is 0.833 bits per heavy atom. The van der Waals surface area contributed by atoms with Crippen molar-refractivity contribution < 1.29 is 4.42 Å². The van der Waals surface area contributed by atoms with Gasteiger partial charge < -0.3 is 4.42 Å². The molecule has 0 amide bonds. The quantitative estimate of drug-likeness (QED) is 0.398. The molecule has 0 atom stereocenters. The lowest BCUT2D eigenvalue weighted by Gasteiger charge is -2.03. The topological polar surface area (TPSA) is 26.0 Å². The van der Waals surface area contributed by atoms with E-state index in [0.29, 0.717) is 5.89 Å². The van der Waals surface area contributed by atoms with Crippen LogP contribution in [0.1, 0.15) is 22.3 Å². The van der Waals surface area contributed by atoms with E-state index in [1.54, 1.807) is 0 Å². The number of hydrogen-bond acceptors (Lipinski definition) is 2. The van der Waals surface area contributed by atoms with Gasteiger partial charge in [-0.05, 0) is 77.9 Å². The van der Waals surface area contributed by atoms with Crippen molar-refractivity contribution in [2.45, 2.75) is 20.3 Å². The molecular formula is C22H17NO. The average molecular weight is 311 g/mol. The molecule has 1 aromatic heterocycles. The molecule has 0 radical (unpaired) electrons. The lowest BCUT2D eigenvalue weighted by atomic mass is 10.0. The van der Waals surface area contributed by atoms with Crippen molar-refractivity contribution in [3.8, 4) is 22.6 Å². The third kappa shape index (κ3) is 1.93. The Hall–Kier alpha value is -2.87. The van der Waals surface area contributed by atoms with E-state index in [1.165, 1.54) is 33.4 Å². The SMILES string of the molecule is Cc1cc2nc(-c3ccc4c(c3)-c3ccccc3C4)oc2cc1C. The van der Waals surface area contributed by atoms with E-state index in [2.05, 4.69) is 68.4 Å². The largest absolute Gasteiger partial charge is 0.436 e. The zero-order valence-electron chi connectivity index (χ0n) is 13.8. The van der Waals surface area contributed by atoms with E-state index >= 15 is 0 Å². The van der Waals surface area contributed by atoms with Gasteiger partial charge in [0.05, 0.1) is 0 Å². The molecule has 116 valence electrons. The van der Waals surface area contributed by atoms with Crippen LogP contribution in [0.4, 0.5) is 0 Å². The highest BCUT2D eigenvalue weighted by Gasteiger charge is 2.19. The molecule has 1 aliphatic rings. The summed E-state index contributed by atoms with van der Waals surface area (Å²) in [5.74, 6) is 0.696. The first-order valence-corrected chi connectivity index (χ1v) is 8.28.